The number of amides is 3. The summed E-state index contributed by atoms with van der Waals surface area (Å²) in [7, 11) is 0. The average Bonchev–Trinajstić information content (AvgIpc) is 2.88. The summed E-state index contributed by atoms with van der Waals surface area (Å²) in [5.41, 5.74) is 9.11. The van der Waals surface area contributed by atoms with Gasteiger partial charge in [0.1, 0.15) is 18.2 Å². The van der Waals surface area contributed by atoms with Crippen molar-refractivity contribution in [1.29, 1.82) is 0 Å². The Balaban J connectivity index is 1.89. The van der Waals surface area contributed by atoms with E-state index in [1.165, 1.54) is 0 Å². The van der Waals surface area contributed by atoms with Gasteiger partial charge in [0.2, 0.25) is 5.91 Å². The van der Waals surface area contributed by atoms with E-state index in [0.717, 1.165) is 16.0 Å². The largest absolute Gasteiger partial charge is 0.443 e. The van der Waals surface area contributed by atoms with Crippen LogP contribution in [0.15, 0.2) is 66.9 Å². The second-order valence-corrected chi connectivity index (χ2v) is 9.69. The number of carbonyl (C=O) groups excluding carboxylic acids is 3. The van der Waals surface area contributed by atoms with Crippen LogP contribution in [-0.2, 0) is 20.9 Å². The zero-order valence-corrected chi connectivity index (χ0v) is 22.0. The van der Waals surface area contributed by atoms with Gasteiger partial charge in [0, 0.05) is 11.6 Å². The molecule has 0 aliphatic heterocycles. The minimum Gasteiger partial charge on any atom is -0.443 e. The molecule has 0 aliphatic carbocycles. The minimum atomic E-state index is -1.11. The molecular formula is C28H35N5O5. The summed E-state index contributed by atoms with van der Waals surface area (Å²) in [6.07, 6.45) is 1.21. The van der Waals surface area contributed by atoms with E-state index in [9.17, 15) is 14.4 Å². The molecule has 0 saturated carbocycles. The number of para-hydroxylation sites is 1. The number of ether oxygens (including phenoxy) is 2. The van der Waals surface area contributed by atoms with Crippen LogP contribution in [-0.4, -0.2) is 46.3 Å². The highest BCUT2D eigenvalue weighted by Gasteiger charge is 2.34. The van der Waals surface area contributed by atoms with Gasteiger partial charge in [-0.15, -0.1) is 0 Å². The van der Waals surface area contributed by atoms with Crippen molar-refractivity contribution in [2.45, 2.75) is 58.3 Å². The topological polar surface area (TPSA) is 136 Å². The molecule has 0 fully saturated rings. The van der Waals surface area contributed by atoms with Gasteiger partial charge in [-0.1, -0.05) is 48.5 Å². The van der Waals surface area contributed by atoms with Crippen LogP contribution in [0, 0.1) is 0 Å². The maximum absolute atomic E-state index is 13.6. The molecule has 2 aromatic carbocycles. The van der Waals surface area contributed by atoms with Gasteiger partial charge in [0.05, 0.1) is 11.2 Å². The molecule has 3 amide bonds. The SMILES string of the molecule is CC(C)(C)OC(=O)NN(C(=O)OCc1ccccc1)[C@@H](CCCCN)C(=O)Nc1cccc2cccnc12. The lowest BCUT2D eigenvalue weighted by molar-refractivity contribution is -0.122. The molecule has 0 aliphatic rings. The van der Waals surface area contributed by atoms with Crippen LogP contribution in [0.1, 0.15) is 45.6 Å². The fourth-order valence-corrected chi connectivity index (χ4v) is 3.72. The maximum Gasteiger partial charge on any atom is 0.429 e. The molecule has 0 bridgehead atoms. The number of benzene rings is 2. The fraction of sp³-hybridized carbons (Fsp3) is 0.357. The van der Waals surface area contributed by atoms with Gasteiger partial charge in [0.15, 0.2) is 0 Å². The monoisotopic (exact) mass is 521 g/mol. The normalized spacial score (nSPS) is 11.9. The highest BCUT2D eigenvalue weighted by Crippen LogP contribution is 2.22. The Morgan fingerprint density at radius 1 is 1.00 bits per heavy atom. The first-order valence-corrected chi connectivity index (χ1v) is 12.5. The molecule has 202 valence electrons. The number of anilines is 1. The lowest BCUT2D eigenvalue weighted by atomic mass is 10.1. The molecular weight excluding hydrogens is 486 g/mol. The van der Waals surface area contributed by atoms with Crippen molar-refractivity contribution in [2.75, 3.05) is 11.9 Å². The number of pyridine rings is 1. The molecule has 10 heteroatoms. The number of unbranched alkanes of at least 4 members (excludes halogenated alkanes) is 1. The van der Waals surface area contributed by atoms with Gasteiger partial charge in [-0.05, 0) is 64.3 Å². The molecule has 38 heavy (non-hydrogen) atoms. The summed E-state index contributed by atoms with van der Waals surface area (Å²) in [6, 6.07) is 17.1. The van der Waals surface area contributed by atoms with Crippen LogP contribution in [0.3, 0.4) is 0 Å². The number of aromatic nitrogens is 1. The Morgan fingerprint density at radius 2 is 1.74 bits per heavy atom. The lowest BCUT2D eigenvalue weighted by Gasteiger charge is -2.31. The first kappa shape index (κ1) is 28.4. The van der Waals surface area contributed by atoms with Gasteiger partial charge in [0.25, 0.3) is 0 Å². The van der Waals surface area contributed by atoms with Crippen LogP contribution in [0.25, 0.3) is 10.9 Å². The fourth-order valence-electron chi connectivity index (χ4n) is 3.72. The molecule has 0 spiro atoms. The highest BCUT2D eigenvalue weighted by molar-refractivity contribution is 6.03. The number of rotatable bonds is 9. The minimum absolute atomic E-state index is 0.0451. The van der Waals surface area contributed by atoms with Gasteiger partial charge >= 0.3 is 12.2 Å². The molecule has 0 unspecified atom stereocenters. The number of carbonyl (C=O) groups is 3. The standard InChI is InChI=1S/C28H35N5O5/c1-28(2,3)38-26(35)32-33(27(36)37-19-20-11-5-4-6-12-20)23(16-7-8-17-29)25(34)31-22-15-9-13-21-14-10-18-30-24(21)22/h4-6,9-15,18,23H,7-8,16-17,19,29H2,1-3H3,(H,31,34)(H,32,35)/t23-/m0/s1. The van der Waals surface area contributed by atoms with E-state index in [-0.39, 0.29) is 13.0 Å². The zero-order valence-electron chi connectivity index (χ0n) is 22.0. The van der Waals surface area contributed by atoms with E-state index in [1.807, 2.05) is 30.3 Å². The number of nitrogens with one attached hydrogen (secondary N) is 2. The first-order chi connectivity index (χ1) is 18.2. The van der Waals surface area contributed by atoms with Gasteiger partial charge in [-0.25, -0.2) is 20.0 Å². The third-order valence-corrected chi connectivity index (χ3v) is 5.45. The summed E-state index contributed by atoms with van der Waals surface area (Å²) in [6.45, 7) is 5.47. The van der Waals surface area contributed by atoms with E-state index in [1.54, 1.807) is 57.3 Å². The Bertz CT molecular complexity index is 1220. The number of hydrogen-bond acceptors (Lipinski definition) is 7. The number of fused-ring (bicyclic) bond motifs is 1. The highest BCUT2D eigenvalue weighted by atomic mass is 16.6. The van der Waals surface area contributed by atoms with Crippen molar-refractivity contribution in [3.63, 3.8) is 0 Å². The van der Waals surface area contributed by atoms with Gasteiger partial charge in [-0.2, -0.15) is 0 Å². The lowest BCUT2D eigenvalue weighted by Crippen LogP contribution is -2.57. The van der Waals surface area contributed by atoms with Crippen LogP contribution in [0.2, 0.25) is 0 Å². The molecule has 1 atom stereocenters. The predicted molar refractivity (Wildman–Crippen MR) is 145 cm³/mol. The Labute approximate surface area is 222 Å². The van der Waals surface area contributed by atoms with Crippen molar-refractivity contribution < 1.29 is 23.9 Å². The molecule has 0 radical (unpaired) electrons. The molecule has 4 N–H and O–H groups in total. The van der Waals surface area contributed by atoms with Crippen LogP contribution >= 0.6 is 0 Å². The molecule has 1 aromatic heterocycles. The number of hydrazine groups is 1. The number of hydrogen-bond donors (Lipinski definition) is 3. The van der Waals surface area contributed by atoms with Crippen LogP contribution < -0.4 is 16.5 Å². The molecule has 10 nitrogen and oxygen atoms in total. The molecule has 1 heterocycles. The molecule has 0 saturated heterocycles. The summed E-state index contributed by atoms with van der Waals surface area (Å²) in [5, 5.41) is 4.60. The third kappa shape index (κ3) is 8.45. The molecule has 3 aromatic rings. The first-order valence-electron chi connectivity index (χ1n) is 12.5. The predicted octanol–water partition coefficient (Wildman–Crippen LogP) is 4.75. The maximum atomic E-state index is 13.6. The summed E-state index contributed by atoms with van der Waals surface area (Å²) < 4.78 is 10.8. The Morgan fingerprint density at radius 3 is 2.45 bits per heavy atom. The van der Waals surface area contributed by atoms with Crippen molar-refractivity contribution in [3.8, 4) is 0 Å². The zero-order chi connectivity index (χ0) is 27.5. The Hall–Kier alpha value is -4.18. The van der Waals surface area contributed by atoms with Crippen LogP contribution in [0.4, 0.5) is 15.3 Å². The van der Waals surface area contributed by atoms with Crippen molar-refractivity contribution in [1.82, 2.24) is 15.4 Å². The summed E-state index contributed by atoms with van der Waals surface area (Å²) in [5.74, 6) is -0.520. The van der Waals surface area contributed by atoms with Gasteiger partial charge in [-0.3, -0.25) is 9.78 Å². The number of nitrogens with two attached hydrogens (primary N) is 1. The summed E-state index contributed by atoms with van der Waals surface area (Å²) in [4.78, 5) is 44.0. The van der Waals surface area contributed by atoms with E-state index in [4.69, 9.17) is 15.2 Å². The van der Waals surface area contributed by atoms with Crippen LogP contribution in [0.5, 0.6) is 0 Å². The average molecular weight is 522 g/mol. The Kier molecular flexibility index (Phi) is 10.0. The molecule has 3 rings (SSSR count). The number of nitrogens with zero attached hydrogens (tertiary/aromatic N) is 2. The second kappa shape index (κ2) is 13.4. The van der Waals surface area contributed by atoms with E-state index in [0.29, 0.717) is 30.6 Å². The van der Waals surface area contributed by atoms with Crippen molar-refractivity contribution >= 4 is 34.7 Å². The second-order valence-electron chi connectivity index (χ2n) is 9.69. The smallest absolute Gasteiger partial charge is 0.429 e. The van der Waals surface area contributed by atoms with Crippen molar-refractivity contribution in [3.05, 3.63) is 72.4 Å². The van der Waals surface area contributed by atoms with E-state index >= 15 is 0 Å². The summed E-state index contributed by atoms with van der Waals surface area (Å²) >= 11 is 0. The van der Waals surface area contributed by atoms with E-state index < -0.39 is 29.7 Å². The third-order valence-electron chi connectivity index (χ3n) is 5.45. The van der Waals surface area contributed by atoms with E-state index in [2.05, 4.69) is 15.7 Å². The quantitative estimate of drug-likeness (QED) is 0.273. The van der Waals surface area contributed by atoms with Crippen molar-refractivity contribution in [2.24, 2.45) is 5.73 Å². The van der Waals surface area contributed by atoms with Gasteiger partial charge < -0.3 is 20.5 Å².